The van der Waals surface area contributed by atoms with Crippen LogP contribution in [0.1, 0.15) is 50.0 Å². The van der Waals surface area contributed by atoms with Gasteiger partial charge in [-0.15, -0.1) is 0 Å². The van der Waals surface area contributed by atoms with Gasteiger partial charge in [-0.25, -0.2) is 4.39 Å². The minimum atomic E-state index is -0.307. The first-order chi connectivity index (χ1) is 19.3. The Bertz CT molecular complexity index is 1240. The SMILES string of the molecule is COc1cccc2c(C(=O)NCc3cccc(F)c3)cn(CCCN3CCN(CCN(C(C)C)C(C)C)CC3)c12. The number of amides is 1. The molecular weight excluding hydrogens is 505 g/mol. The van der Waals surface area contributed by atoms with E-state index < -0.39 is 0 Å². The molecule has 1 aliphatic rings. The molecule has 1 fully saturated rings. The Morgan fingerprint density at radius 1 is 0.975 bits per heavy atom. The van der Waals surface area contributed by atoms with E-state index >= 15 is 0 Å². The Labute approximate surface area is 238 Å². The number of hydrogen-bond donors (Lipinski definition) is 1. The molecule has 0 aliphatic carbocycles. The number of ether oxygens (including phenoxy) is 1. The topological polar surface area (TPSA) is 53.0 Å². The summed E-state index contributed by atoms with van der Waals surface area (Å²) in [4.78, 5) is 20.9. The molecule has 1 N–H and O–H groups in total. The van der Waals surface area contributed by atoms with E-state index in [1.807, 2.05) is 30.5 Å². The zero-order chi connectivity index (χ0) is 28.6. The van der Waals surface area contributed by atoms with Gasteiger partial charge >= 0.3 is 0 Å². The molecule has 0 spiro atoms. The molecule has 4 rings (SSSR count). The Morgan fingerprint density at radius 2 is 1.65 bits per heavy atom. The van der Waals surface area contributed by atoms with Crippen LogP contribution in [0.5, 0.6) is 5.75 Å². The summed E-state index contributed by atoms with van der Waals surface area (Å²) in [5, 5.41) is 3.81. The molecule has 2 aromatic carbocycles. The van der Waals surface area contributed by atoms with Crippen molar-refractivity contribution in [1.29, 1.82) is 0 Å². The van der Waals surface area contributed by atoms with E-state index in [9.17, 15) is 9.18 Å². The van der Waals surface area contributed by atoms with Gasteiger partial charge in [-0.2, -0.15) is 0 Å². The number of halogens is 1. The number of hydrogen-bond acceptors (Lipinski definition) is 5. The third-order valence-electron chi connectivity index (χ3n) is 8.01. The van der Waals surface area contributed by atoms with E-state index in [0.717, 1.165) is 81.0 Å². The minimum absolute atomic E-state index is 0.175. The quantitative estimate of drug-likeness (QED) is 0.329. The fraction of sp³-hybridized carbons (Fsp3) is 0.531. The van der Waals surface area contributed by atoms with E-state index in [0.29, 0.717) is 17.6 Å². The maximum Gasteiger partial charge on any atom is 0.253 e. The molecule has 2 heterocycles. The average molecular weight is 552 g/mol. The Balaban J connectivity index is 1.33. The normalized spacial score (nSPS) is 15.0. The van der Waals surface area contributed by atoms with Gasteiger partial charge in [0.15, 0.2) is 0 Å². The largest absolute Gasteiger partial charge is 0.495 e. The molecule has 0 radical (unpaired) electrons. The maximum atomic E-state index is 13.6. The lowest BCUT2D eigenvalue weighted by molar-refractivity contribution is 0.0952. The summed E-state index contributed by atoms with van der Waals surface area (Å²) in [7, 11) is 1.66. The highest BCUT2D eigenvalue weighted by Gasteiger charge is 2.21. The Kier molecular flexibility index (Phi) is 10.6. The maximum absolute atomic E-state index is 13.6. The van der Waals surface area contributed by atoms with Gasteiger partial charge in [-0.05, 0) is 64.4 Å². The van der Waals surface area contributed by atoms with Gasteiger partial charge in [-0.1, -0.05) is 24.3 Å². The van der Waals surface area contributed by atoms with E-state index in [4.69, 9.17) is 4.74 Å². The van der Waals surface area contributed by atoms with Crippen molar-refractivity contribution in [3.63, 3.8) is 0 Å². The van der Waals surface area contributed by atoms with Crippen LogP contribution in [-0.4, -0.2) is 90.2 Å². The van der Waals surface area contributed by atoms with Gasteiger partial charge in [0, 0.05) is 76.0 Å². The number of aromatic nitrogens is 1. The number of carbonyl (C=O) groups excluding carboxylic acids is 1. The van der Waals surface area contributed by atoms with Crippen LogP contribution >= 0.6 is 0 Å². The van der Waals surface area contributed by atoms with E-state index in [1.54, 1.807) is 13.2 Å². The molecule has 1 amide bonds. The number of nitrogens with one attached hydrogen (secondary N) is 1. The second-order valence-corrected chi connectivity index (χ2v) is 11.4. The number of piperazine rings is 1. The van der Waals surface area contributed by atoms with E-state index in [1.165, 1.54) is 12.1 Å². The summed E-state index contributed by atoms with van der Waals surface area (Å²) in [6.45, 7) is 17.9. The number of rotatable bonds is 13. The van der Waals surface area contributed by atoms with Crippen molar-refractivity contribution in [2.75, 3.05) is 52.9 Å². The zero-order valence-electron chi connectivity index (χ0n) is 24.8. The zero-order valence-corrected chi connectivity index (χ0v) is 24.8. The molecule has 1 aliphatic heterocycles. The van der Waals surface area contributed by atoms with Crippen molar-refractivity contribution in [3.8, 4) is 5.75 Å². The molecule has 1 saturated heterocycles. The molecule has 3 aromatic rings. The van der Waals surface area contributed by atoms with Crippen LogP contribution in [0.25, 0.3) is 10.9 Å². The highest BCUT2D eigenvalue weighted by Crippen LogP contribution is 2.30. The Morgan fingerprint density at radius 3 is 2.30 bits per heavy atom. The second kappa shape index (κ2) is 14.1. The molecule has 0 bridgehead atoms. The molecule has 1 aromatic heterocycles. The molecule has 0 saturated carbocycles. The highest BCUT2D eigenvalue weighted by atomic mass is 19.1. The summed E-state index contributed by atoms with van der Waals surface area (Å²) in [5.74, 6) is 0.274. The van der Waals surface area contributed by atoms with Gasteiger partial charge in [0.1, 0.15) is 11.6 Å². The molecule has 0 atom stereocenters. The van der Waals surface area contributed by atoms with E-state index in [2.05, 4.69) is 52.3 Å². The lowest BCUT2D eigenvalue weighted by Crippen LogP contribution is -2.50. The summed E-state index contributed by atoms with van der Waals surface area (Å²) in [5.41, 5.74) is 2.27. The van der Waals surface area contributed by atoms with E-state index in [-0.39, 0.29) is 18.3 Å². The third-order valence-corrected chi connectivity index (χ3v) is 8.01. The van der Waals surface area contributed by atoms with Gasteiger partial charge in [0.05, 0.1) is 18.2 Å². The summed E-state index contributed by atoms with van der Waals surface area (Å²) in [6, 6.07) is 13.3. The number of fused-ring (bicyclic) bond motifs is 1. The van der Waals surface area contributed by atoms with Gasteiger partial charge in [-0.3, -0.25) is 14.6 Å². The van der Waals surface area contributed by atoms with Crippen LogP contribution in [0.15, 0.2) is 48.7 Å². The molecule has 40 heavy (non-hydrogen) atoms. The summed E-state index contributed by atoms with van der Waals surface area (Å²) >= 11 is 0. The number of methoxy groups -OCH3 is 1. The van der Waals surface area contributed by atoms with Crippen molar-refractivity contribution >= 4 is 16.8 Å². The van der Waals surface area contributed by atoms with Crippen molar-refractivity contribution in [2.45, 2.75) is 59.3 Å². The molecule has 218 valence electrons. The third kappa shape index (κ3) is 7.62. The fourth-order valence-electron chi connectivity index (χ4n) is 5.84. The number of nitrogens with zero attached hydrogens (tertiary/aromatic N) is 4. The summed E-state index contributed by atoms with van der Waals surface area (Å²) < 4.78 is 21.4. The molecule has 0 unspecified atom stereocenters. The summed E-state index contributed by atoms with van der Waals surface area (Å²) in [6.07, 6.45) is 2.92. The standard InChI is InChI=1S/C32H46FN5O2/c1-24(2)38(25(3)4)20-19-36-17-15-35(16-18-36)13-8-14-37-23-29(28-11-7-12-30(40-5)31(28)37)32(39)34-22-26-9-6-10-27(33)21-26/h6-7,9-12,21,23-25H,8,13-20,22H2,1-5H3,(H,34,39). The fourth-order valence-corrected chi connectivity index (χ4v) is 5.84. The smallest absolute Gasteiger partial charge is 0.253 e. The predicted molar refractivity (Wildman–Crippen MR) is 161 cm³/mol. The van der Waals surface area contributed by atoms with Gasteiger partial charge in [0.2, 0.25) is 0 Å². The van der Waals surface area contributed by atoms with Crippen molar-refractivity contribution in [2.24, 2.45) is 0 Å². The number of para-hydroxylation sites is 1. The van der Waals surface area contributed by atoms with Crippen LogP contribution in [0.2, 0.25) is 0 Å². The van der Waals surface area contributed by atoms with Gasteiger partial charge < -0.3 is 19.5 Å². The lowest BCUT2D eigenvalue weighted by Gasteiger charge is -2.37. The highest BCUT2D eigenvalue weighted by molar-refractivity contribution is 6.08. The van der Waals surface area contributed by atoms with Crippen LogP contribution < -0.4 is 10.1 Å². The molecule has 8 heteroatoms. The molecule has 7 nitrogen and oxygen atoms in total. The van der Waals surface area contributed by atoms with Crippen molar-refractivity contribution < 1.29 is 13.9 Å². The second-order valence-electron chi connectivity index (χ2n) is 11.4. The van der Waals surface area contributed by atoms with Crippen molar-refractivity contribution in [1.82, 2.24) is 24.6 Å². The first kappa shape index (κ1) is 30.0. The minimum Gasteiger partial charge on any atom is -0.495 e. The van der Waals surface area contributed by atoms with Crippen LogP contribution in [0.4, 0.5) is 4.39 Å². The van der Waals surface area contributed by atoms with Crippen molar-refractivity contribution in [3.05, 3.63) is 65.6 Å². The number of benzene rings is 2. The lowest BCUT2D eigenvalue weighted by atomic mass is 10.1. The first-order valence-corrected chi connectivity index (χ1v) is 14.7. The van der Waals surface area contributed by atoms with Gasteiger partial charge in [0.25, 0.3) is 5.91 Å². The van der Waals surface area contributed by atoms with Crippen LogP contribution in [0, 0.1) is 5.82 Å². The Hall–Kier alpha value is -2.94. The first-order valence-electron chi connectivity index (χ1n) is 14.7. The predicted octanol–water partition coefficient (Wildman–Crippen LogP) is 4.85. The average Bonchev–Trinajstić information content (AvgIpc) is 3.31. The number of aryl methyl sites for hydroxylation is 1. The monoisotopic (exact) mass is 551 g/mol. The van der Waals surface area contributed by atoms with Crippen LogP contribution in [-0.2, 0) is 13.1 Å². The number of carbonyl (C=O) groups is 1. The van der Waals surface area contributed by atoms with Crippen LogP contribution in [0.3, 0.4) is 0 Å². The molecular formula is C32H46FN5O2.